The summed E-state index contributed by atoms with van der Waals surface area (Å²) in [5.41, 5.74) is 4.79. The van der Waals surface area contributed by atoms with Crippen LogP contribution in [-0.4, -0.2) is 10.8 Å². The highest BCUT2D eigenvalue weighted by atomic mass is 32.1. The van der Waals surface area contributed by atoms with E-state index in [1.807, 2.05) is 11.6 Å². The number of fused-ring (bicyclic) bond motifs is 1. The first-order valence-electron chi connectivity index (χ1n) is 8.22. The molecule has 0 amide bonds. The summed E-state index contributed by atoms with van der Waals surface area (Å²) in [6.07, 6.45) is 2.42. The van der Waals surface area contributed by atoms with E-state index < -0.39 is 0 Å². The van der Waals surface area contributed by atoms with Crippen molar-refractivity contribution < 1.29 is 4.79 Å². The van der Waals surface area contributed by atoms with Gasteiger partial charge in [-0.2, -0.15) is 0 Å². The molecule has 118 valence electrons. The van der Waals surface area contributed by atoms with Crippen molar-refractivity contribution >= 4 is 22.9 Å². The van der Waals surface area contributed by atoms with Gasteiger partial charge in [-0.1, -0.05) is 44.2 Å². The second kappa shape index (κ2) is 5.31. The van der Waals surface area contributed by atoms with Crippen LogP contribution in [0.5, 0.6) is 0 Å². The Morgan fingerprint density at radius 2 is 2.13 bits per heavy atom. The van der Waals surface area contributed by atoms with Crippen molar-refractivity contribution in [3.05, 3.63) is 57.6 Å². The van der Waals surface area contributed by atoms with Gasteiger partial charge < -0.3 is 5.32 Å². The first kappa shape index (κ1) is 14.6. The highest BCUT2D eigenvalue weighted by molar-refractivity contribution is 7.10. The van der Waals surface area contributed by atoms with Crippen molar-refractivity contribution in [1.82, 2.24) is 4.98 Å². The maximum absolute atomic E-state index is 12.9. The van der Waals surface area contributed by atoms with Crippen LogP contribution in [0.1, 0.15) is 43.6 Å². The monoisotopic (exact) mass is 324 g/mol. The molecular formula is C19H20N2OS. The Morgan fingerprint density at radius 3 is 2.87 bits per heavy atom. The maximum atomic E-state index is 12.9. The van der Waals surface area contributed by atoms with E-state index in [-0.39, 0.29) is 11.2 Å². The average Bonchev–Trinajstić information content (AvgIpc) is 3.06. The fraction of sp³-hybridized carbons (Fsp3) is 0.368. The highest BCUT2D eigenvalue weighted by Gasteiger charge is 2.49. The van der Waals surface area contributed by atoms with Crippen LogP contribution >= 0.6 is 11.3 Å². The highest BCUT2D eigenvalue weighted by Crippen LogP contribution is 2.53. The molecule has 0 fully saturated rings. The Kier molecular flexibility index (Phi) is 3.38. The zero-order chi connectivity index (χ0) is 16.0. The van der Waals surface area contributed by atoms with Crippen LogP contribution < -0.4 is 5.32 Å². The van der Waals surface area contributed by atoms with Gasteiger partial charge in [0.1, 0.15) is 5.82 Å². The van der Waals surface area contributed by atoms with Crippen LogP contribution in [0.3, 0.4) is 0 Å². The molecular weight excluding hydrogens is 304 g/mol. The van der Waals surface area contributed by atoms with Crippen molar-refractivity contribution in [3.8, 4) is 0 Å². The molecule has 3 nitrogen and oxygen atoms in total. The van der Waals surface area contributed by atoms with Crippen molar-refractivity contribution in [2.75, 3.05) is 5.32 Å². The summed E-state index contributed by atoms with van der Waals surface area (Å²) in [5, 5.41) is 3.48. The number of hydrogen-bond acceptors (Lipinski definition) is 4. The molecule has 4 heteroatoms. The number of thiazole rings is 1. The molecule has 2 heterocycles. The van der Waals surface area contributed by atoms with E-state index in [0.29, 0.717) is 12.3 Å². The predicted octanol–water partition coefficient (Wildman–Crippen LogP) is 4.52. The number of benzene rings is 1. The summed E-state index contributed by atoms with van der Waals surface area (Å²) in [4.78, 5) is 18.7. The topological polar surface area (TPSA) is 42.0 Å². The molecule has 1 aliphatic heterocycles. The standard InChI is InChI=1S/C19H20N2OS/c1-3-19(13-7-5-4-6-8-13)15-14(22)10-9-12(2)16(15)21-18-17(19)23-11-20-18/h4-8,11-12,21H,3,9-10H2,1-2H3/t12-,19+/m0/s1. The van der Waals surface area contributed by atoms with Crippen molar-refractivity contribution in [2.45, 2.75) is 38.5 Å². The number of aromatic nitrogens is 1. The van der Waals surface area contributed by atoms with Gasteiger partial charge in [0.2, 0.25) is 0 Å². The first-order valence-corrected chi connectivity index (χ1v) is 9.10. The third-order valence-electron chi connectivity index (χ3n) is 5.28. The van der Waals surface area contributed by atoms with Crippen LogP contribution in [0.15, 0.2) is 47.1 Å². The molecule has 4 rings (SSSR count). The molecule has 2 atom stereocenters. The minimum Gasteiger partial charge on any atom is -0.342 e. The third kappa shape index (κ3) is 1.94. The molecule has 0 radical (unpaired) electrons. The first-order chi connectivity index (χ1) is 11.2. The molecule has 2 aromatic rings. The van der Waals surface area contributed by atoms with E-state index in [1.54, 1.807) is 11.3 Å². The van der Waals surface area contributed by atoms with Gasteiger partial charge in [-0.3, -0.25) is 4.79 Å². The fourth-order valence-corrected chi connectivity index (χ4v) is 5.13. The van der Waals surface area contributed by atoms with E-state index in [0.717, 1.165) is 29.9 Å². The van der Waals surface area contributed by atoms with Crippen molar-refractivity contribution in [2.24, 2.45) is 5.92 Å². The SMILES string of the molecule is CC[C@@]1(c2ccccc2)C2=C(Nc3ncsc31)[C@@H](C)CCC2=O. The minimum absolute atomic E-state index is 0.287. The van der Waals surface area contributed by atoms with Gasteiger partial charge in [0.15, 0.2) is 5.78 Å². The molecule has 1 aromatic heterocycles. The fourth-order valence-electron chi connectivity index (χ4n) is 4.09. The van der Waals surface area contributed by atoms with Crippen molar-refractivity contribution in [3.63, 3.8) is 0 Å². The van der Waals surface area contributed by atoms with Gasteiger partial charge in [-0.05, 0) is 24.3 Å². The number of carbonyl (C=O) groups excluding carboxylic acids is 1. The third-order valence-corrected chi connectivity index (χ3v) is 6.27. The Labute approximate surface area is 140 Å². The second-order valence-corrected chi connectivity index (χ2v) is 7.29. The van der Waals surface area contributed by atoms with Crippen LogP contribution in [-0.2, 0) is 10.2 Å². The van der Waals surface area contributed by atoms with Gasteiger partial charge in [-0.25, -0.2) is 4.98 Å². The number of anilines is 1. The van der Waals surface area contributed by atoms with E-state index in [2.05, 4.69) is 48.4 Å². The Bertz CT molecular complexity index is 793. The van der Waals surface area contributed by atoms with Crippen LogP contribution in [0, 0.1) is 5.92 Å². The molecule has 23 heavy (non-hydrogen) atoms. The number of carbonyl (C=O) groups is 1. The van der Waals surface area contributed by atoms with Gasteiger partial charge in [0.25, 0.3) is 0 Å². The smallest absolute Gasteiger partial charge is 0.161 e. The molecule has 2 aliphatic rings. The summed E-state index contributed by atoms with van der Waals surface area (Å²) in [7, 11) is 0. The van der Waals surface area contributed by atoms with E-state index in [9.17, 15) is 4.79 Å². The summed E-state index contributed by atoms with van der Waals surface area (Å²) >= 11 is 1.65. The molecule has 0 bridgehead atoms. The summed E-state index contributed by atoms with van der Waals surface area (Å²) < 4.78 is 0. The molecule has 1 aliphatic carbocycles. The lowest BCUT2D eigenvalue weighted by molar-refractivity contribution is -0.117. The lowest BCUT2D eigenvalue weighted by Crippen LogP contribution is -2.41. The number of rotatable bonds is 2. The van der Waals surface area contributed by atoms with E-state index >= 15 is 0 Å². The predicted molar refractivity (Wildman–Crippen MR) is 93.7 cm³/mol. The molecule has 0 unspecified atom stereocenters. The maximum Gasteiger partial charge on any atom is 0.161 e. The lowest BCUT2D eigenvalue weighted by Gasteiger charge is -2.43. The number of ketones is 1. The molecule has 1 N–H and O–H groups in total. The van der Waals surface area contributed by atoms with Crippen LogP contribution in [0.2, 0.25) is 0 Å². The molecule has 0 saturated heterocycles. The number of hydrogen-bond donors (Lipinski definition) is 1. The number of allylic oxidation sites excluding steroid dienone is 2. The lowest BCUT2D eigenvalue weighted by atomic mass is 9.64. The van der Waals surface area contributed by atoms with Gasteiger partial charge in [0.05, 0.1) is 15.8 Å². The molecule has 0 spiro atoms. The normalized spacial score (nSPS) is 26.5. The zero-order valence-corrected chi connectivity index (χ0v) is 14.2. The summed E-state index contributed by atoms with van der Waals surface area (Å²) in [6.45, 7) is 4.39. The molecule has 1 aromatic carbocycles. The number of Topliss-reactive ketones (excluding diaryl/α,β-unsaturated/α-hetero) is 1. The van der Waals surface area contributed by atoms with Crippen LogP contribution in [0.4, 0.5) is 5.82 Å². The van der Waals surface area contributed by atoms with Gasteiger partial charge >= 0.3 is 0 Å². The van der Waals surface area contributed by atoms with Gasteiger partial charge in [-0.15, -0.1) is 11.3 Å². The molecule has 0 saturated carbocycles. The Balaban J connectivity index is 2.07. The van der Waals surface area contributed by atoms with Crippen LogP contribution in [0.25, 0.3) is 0 Å². The largest absolute Gasteiger partial charge is 0.342 e. The second-order valence-electron chi connectivity index (χ2n) is 6.43. The van der Waals surface area contributed by atoms with Crippen molar-refractivity contribution in [1.29, 1.82) is 0 Å². The number of nitrogens with zero attached hydrogens (tertiary/aromatic N) is 1. The zero-order valence-electron chi connectivity index (χ0n) is 13.4. The Hall–Kier alpha value is -1.94. The average molecular weight is 324 g/mol. The van der Waals surface area contributed by atoms with Gasteiger partial charge in [0, 0.05) is 17.7 Å². The summed E-state index contributed by atoms with van der Waals surface area (Å²) in [5.74, 6) is 1.59. The van der Waals surface area contributed by atoms with E-state index in [4.69, 9.17) is 0 Å². The van der Waals surface area contributed by atoms with E-state index in [1.165, 1.54) is 10.4 Å². The summed E-state index contributed by atoms with van der Waals surface area (Å²) in [6, 6.07) is 10.5. The quantitative estimate of drug-likeness (QED) is 0.883. The minimum atomic E-state index is -0.357. The Morgan fingerprint density at radius 1 is 1.35 bits per heavy atom. The number of nitrogens with one attached hydrogen (secondary N) is 1.